The molecule has 0 spiro atoms. The molecule has 3 aromatic rings. The largest absolute Gasteiger partial charge is 0.333 e. The Morgan fingerprint density at radius 3 is 2.86 bits per heavy atom. The summed E-state index contributed by atoms with van der Waals surface area (Å²) in [6.45, 7) is 5.46. The average molecular weight is 376 g/mol. The van der Waals surface area contributed by atoms with Gasteiger partial charge in [0.15, 0.2) is 0 Å². The van der Waals surface area contributed by atoms with Gasteiger partial charge >= 0.3 is 0 Å². The Balaban J connectivity index is 1.40. The fourth-order valence-electron chi connectivity index (χ4n) is 4.67. The molecule has 1 amide bonds. The zero-order valence-electron chi connectivity index (χ0n) is 16.0. The summed E-state index contributed by atoms with van der Waals surface area (Å²) in [4.78, 5) is 31.3. The van der Waals surface area contributed by atoms with E-state index >= 15 is 0 Å². The van der Waals surface area contributed by atoms with Crippen molar-refractivity contribution in [1.29, 1.82) is 0 Å². The highest BCUT2D eigenvalue weighted by Gasteiger charge is 2.38. The lowest BCUT2D eigenvalue weighted by Gasteiger charge is -2.36. The van der Waals surface area contributed by atoms with E-state index < -0.39 is 0 Å². The van der Waals surface area contributed by atoms with Gasteiger partial charge in [-0.2, -0.15) is 0 Å². The van der Waals surface area contributed by atoms with E-state index in [1.165, 1.54) is 6.42 Å². The van der Waals surface area contributed by atoms with Crippen LogP contribution >= 0.6 is 0 Å². The van der Waals surface area contributed by atoms with E-state index in [0.717, 1.165) is 44.0 Å². The topological polar surface area (TPSA) is 66.6 Å². The van der Waals surface area contributed by atoms with Crippen LogP contribution in [0.25, 0.3) is 5.78 Å². The number of amides is 1. The van der Waals surface area contributed by atoms with Gasteiger partial charge in [0.1, 0.15) is 5.69 Å². The number of fused-ring (bicyclic) bond motifs is 5. The molecule has 6 rings (SSSR count). The number of aryl methyl sites for hydroxylation is 1. The van der Waals surface area contributed by atoms with E-state index in [9.17, 15) is 4.79 Å². The molecule has 0 aliphatic carbocycles. The molecule has 0 radical (unpaired) electrons. The first-order chi connectivity index (χ1) is 13.7. The van der Waals surface area contributed by atoms with Gasteiger partial charge < -0.3 is 4.90 Å². The Labute approximate surface area is 164 Å². The summed E-state index contributed by atoms with van der Waals surface area (Å²) in [6, 6.07) is 8.13. The molecule has 3 aliphatic heterocycles. The molecule has 28 heavy (non-hydrogen) atoms. The zero-order valence-corrected chi connectivity index (χ0v) is 16.0. The van der Waals surface area contributed by atoms with Crippen LogP contribution in [-0.4, -0.2) is 60.7 Å². The van der Waals surface area contributed by atoms with Gasteiger partial charge in [0, 0.05) is 50.8 Å². The first-order valence-corrected chi connectivity index (χ1v) is 9.92. The minimum absolute atomic E-state index is 0.0763. The van der Waals surface area contributed by atoms with Gasteiger partial charge in [-0.05, 0) is 43.9 Å². The van der Waals surface area contributed by atoms with Gasteiger partial charge in [0.25, 0.3) is 5.91 Å². The van der Waals surface area contributed by atoms with Crippen LogP contribution < -0.4 is 0 Å². The third-order valence-corrected chi connectivity index (χ3v) is 5.94. The first kappa shape index (κ1) is 17.3. The highest BCUT2D eigenvalue weighted by atomic mass is 16.2. The fourth-order valence-corrected chi connectivity index (χ4v) is 4.67. The molecule has 0 saturated carbocycles. The second-order valence-electron chi connectivity index (χ2n) is 7.91. The molecule has 3 aliphatic rings. The SMILES string of the molecule is Cc1nc2ncccn2c1C(=O)N1C[C@H]2CC[C@@H]1CN(Cc1ccccn1)C2. The van der Waals surface area contributed by atoms with Crippen LogP contribution in [0, 0.1) is 12.8 Å². The monoisotopic (exact) mass is 376 g/mol. The lowest BCUT2D eigenvalue weighted by Crippen LogP contribution is -2.47. The number of imidazole rings is 1. The van der Waals surface area contributed by atoms with E-state index in [1.807, 2.05) is 41.9 Å². The van der Waals surface area contributed by atoms with Crippen molar-refractivity contribution in [2.75, 3.05) is 19.6 Å². The van der Waals surface area contributed by atoms with Crippen LogP contribution in [0.1, 0.15) is 34.7 Å². The number of nitrogens with zero attached hydrogens (tertiary/aromatic N) is 6. The van der Waals surface area contributed by atoms with Crippen molar-refractivity contribution in [3.05, 3.63) is 59.9 Å². The van der Waals surface area contributed by atoms with Gasteiger partial charge in [0.05, 0.1) is 11.4 Å². The Kier molecular flexibility index (Phi) is 4.31. The molecule has 2 atom stereocenters. The summed E-state index contributed by atoms with van der Waals surface area (Å²) in [5, 5.41) is 0. The van der Waals surface area contributed by atoms with Crippen LogP contribution in [-0.2, 0) is 6.54 Å². The summed E-state index contributed by atoms with van der Waals surface area (Å²) < 4.78 is 1.82. The maximum Gasteiger partial charge on any atom is 0.273 e. The number of carbonyl (C=O) groups is 1. The third-order valence-electron chi connectivity index (χ3n) is 5.94. The Bertz CT molecular complexity index is 1000. The number of aromatic nitrogens is 4. The zero-order chi connectivity index (χ0) is 19.1. The smallest absolute Gasteiger partial charge is 0.273 e. The molecule has 3 aromatic heterocycles. The summed E-state index contributed by atoms with van der Waals surface area (Å²) in [7, 11) is 0. The summed E-state index contributed by atoms with van der Waals surface area (Å²) in [6.07, 6.45) is 7.67. The van der Waals surface area contributed by atoms with Crippen molar-refractivity contribution in [2.45, 2.75) is 32.4 Å². The molecule has 0 unspecified atom stereocenters. The van der Waals surface area contributed by atoms with Gasteiger partial charge in [-0.1, -0.05) is 6.07 Å². The maximum absolute atomic E-state index is 13.5. The molecule has 6 heterocycles. The van der Waals surface area contributed by atoms with E-state index in [4.69, 9.17) is 0 Å². The second kappa shape index (κ2) is 6.98. The van der Waals surface area contributed by atoms with Crippen molar-refractivity contribution >= 4 is 11.7 Å². The summed E-state index contributed by atoms with van der Waals surface area (Å²) in [5.41, 5.74) is 2.48. The van der Waals surface area contributed by atoms with Crippen LogP contribution in [0.4, 0.5) is 0 Å². The number of piperidine rings is 1. The summed E-state index contributed by atoms with van der Waals surface area (Å²) in [5.74, 6) is 1.16. The van der Waals surface area contributed by atoms with Crippen molar-refractivity contribution in [1.82, 2.24) is 29.2 Å². The number of pyridine rings is 1. The maximum atomic E-state index is 13.5. The molecular weight excluding hydrogens is 352 g/mol. The Morgan fingerprint density at radius 1 is 1.11 bits per heavy atom. The van der Waals surface area contributed by atoms with Crippen molar-refractivity contribution in [2.24, 2.45) is 5.92 Å². The Morgan fingerprint density at radius 2 is 2.00 bits per heavy atom. The van der Waals surface area contributed by atoms with Gasteiger partial charge in [-0.3, -0.25) is 19.1 Å². The quantitative estimate of drug-likeness (QED) is 0.701. The predicted octanol–water partition coefficient (Wildman–Crippen LogP) is 2.17. The number of hydrogen-bond acceptors (Lipinski definition) is 5. The molecule has 7 nitrogen and oxygen atoms in total. The molecule has 7 heteroatoms. The van der Waals surface area contributed by atoms with E-state index in [-0.39, 0.29) is 11.9 Å². The number of hydrogen-bond donors (Lipinski definition) is 0. The number of rotatable bonds is 3. The van der Waals surface area contributed by atoms with Gasteiger partial charge in [-0.25, -0.2) is 9.97 Å². The minimum atomic E-state index is 0.0763. The van der Waals surface area contributed by atoms with Gasteiger partial charge in [-0.15, -0.1) is 0 Å². The average Bonchev–Trinajstić information content (AvgIpc) is 2.83. The van der Waals surface area contributed by atoms with Gasteiger partial charge in [0.2, 0.25) is 5.78 Å². The second-order valence-corrected chi connectivity index (χ2v) is 7.91. The van der Waals surface area contributed by atoms with Crippen molar-refractivity contribution in [3.63, 3.8) is 0 Å². The standard InChI is InChI=1S/C21H24N6O/c1-15-19(26-10-4-9-23-21(26)24-15)20(28)27-12-16-6-7-18(27)14-25(11-16)13-17-5-2-3-8-22-17/h2-5,8-10,16,18H,6-7,11-14H2,1H3/t16-,18+/m0/s1. The summed E-state index contributed by atoms with van der Waals surface area (Å²) >= 11 is 0. The highest BCUT2D eigenvalue weighted by Crippen LogP contribution is 2.30. The van der Waals surface area contributed by atoms with Crippen LogP contribution in [0.2, 0.25) is 0 Å². The van der Waals surface area contributed by atoms with Crippen molar-refractivity contribution in [3.8, 4) is 0 Å². The van der Waals surface area contributed by atoms with Crippen LogP contribution in [0.3, 0.4) is 0 Å². The molecular formula is C21H24N6O. The van der Waals surface area contributed by atoms with Crippen LogP contribution in [0.15, 0.2) is 42.9 Å². The molecule has 0 N–H and O–H groups in total. The highest BCUT2D eigenvalue weighted by molar-refractivity contribution is 5.94. The Hall–Kier alpha value is -2.80. The van der Waals surface area contributed by atoms with Crippen molar-refractivity contribution < 1.29 is 4.79 Å². The minimum Gasteiger partial charge on any atom is -0.333 e. The third kappa shape index (κ3) is 3.05. The molecule has 3 saturated heterocycles. The predicted molar refractivity (Wildman–Crippen MR) is 105 cm³/mol. The molecule has 3 fully saturated rings. The van der Waals surface area contributed by atoms with Crippen LogP contribution in [0.5, 0.6) is 0 Å². The molecule has 2 bridgehead atoms. The van der Waals surface area contributed by atoms with E-state index in [2.05, 4.69) is 30.8 Å². The van der Waals surface area contributed by atoms with E-state index in [1.54, 1.807) is 6.20 Å². The lowest BCUT2D eigenvalue weighted by molar-refractivity contribution is 0.0577. The normalized spacial score (nSPS) is 22.5. The first-order valence-electron chi connectivity index (χ1n) is 9.92. The fraction of sp³-hybridized carbons (Fsp3) is 0.429. The number of carbonyl (C=O) groups excluding carboxylic acids is 1. The van der Waals surface area contributed by atoms with E-state index in [0.29, 0.717) is 17.4 Å². The molecule has 144 valence electrons. The lowest BCUT2D eigenvalue weighted by atomic mass is 9.94. The molecule has 0 aromatic carbocycles.